The van der Waals surface area contributed by atoms with Gasteiger partial charge in [0.15, 0.2) is 5.69 Å². The van der Waals surface area contributed by atoms with E-state index in [1.165, 1.54) is 64.5 Å². The molecule has 1 fully saturated rings. The number of benzene rings is 1. The molecule has 8 aromatic rings. The van der Waals surface area contributed by atoms with Crippen molar-refractivity contribution in [2.24, 2.45) is 5.73 Å². The molecule has 11 rings (SSSR count). The number of carbonyl (C=O) groups is 8. The summed E-state index contributed by atoms with van der Waals surface area (Å²) < 4.78 is 41.0. The molecule has 10 heterocycles. The fraction of sp³-hybridized carbons (Fsp3) is 0.344. The SMILES string of the molecule is C=C(NC(=O)c1csc(-c2nc3c(cc2O)-c2nc(cs2)C(=O)NC(C(C)O)C(=O)NC(=C(C)OC)c2nc(cs2)C(=O)NC2c4nc(c(OC5OC(C)C(O)C(OC)C5OC)s4)C(=O)NC(CSC(=O)c4[nH]c5ccc(cc5c4COC)COC(=O)CC2O)c2nc-3cs2)n1)C(N)=O. The second-order valence-corrected chi connectivity index (χ2v) is 27.7. The van der Waals surface area contributed by atoms with Gasteiger partial charge in [-0.05, 0) is 44.5 Å². The van der Waals surface area contributed by atoms with Gasteiger partial charge in [-0.1, -0.05) is 35.7 Å². The van der Waals surface area contributed by atoms with Crippen molar-refractivity contribution in [2.45, 2.75) is 101 Å². The highest BCUT2D eigenvalue weighted by molar-refractivity contribution is 8.14. The number of ether oxygens (including phenoxy) is 7. The van der Waals surface area contributed by atoms with Gasteiger partial charge in [0.05, 0.1) is 55.9 Å². The third-order valence-electron chi connectivity index (χ3n) is 15.7. The zero-order chi connectivity index (χ0) is 70.8. The fourth-order valence-electron chi connectivity index (χ4n) is 10.5. The number of rotatable bonds is 12. The molecule has 3 aliphatic rings. The lowest BCUT2D eigenvalue weighted by atomic mass is 9.99. The molecule has 10 atom stereocenters. The molecule has 12 N–H and O–H groups in total. The smallest absolute Gasteiger partial charge is 0.308 e. The molecule has 32 nitrogen and oxygen atoms in total. The summed E-state index contributed by atoms with van der Waals surface area (Å²) in [5.41, 5.74) is 4.96. The molecule has 6 amide bonds. The Balaban J connectivity index is 1.11. The van der Waals surface area contributed by atoms with E-state index < -0.39 is 131 Å². The normalized spacial score (nSPS) is 22.7. The zero-order valence-corrected chi connectivity index (χ0v) is 57.9. The van der Waals surface area contributed by atoms with Gasteiger partial charge < -0.3 is 90.9 Å². The number of primary amides is 1. The lowest BCUT2D eigenvalue weighted by Gasteiger charge is -2.41. The lowest BCUT2D eigenvalue weighted by Crippen LogP contribution is -2.59. The average Bonchev–Trinajstić information content (AvgIpc) is 1.74. The number of hydrogen-bond donors (Lipinski definition) is 11. The Hall–Kier alpha value is -9.03. The molecule has 38 heteroatoms. The summed E-state index contributed by atoms with van der Waals surface area (Å²) in [6.45, 7) is 7.34. The highest BCUT2D eigenvalue weighted by atomic mass is 32.2. The Morgan fingerprint density at radius 3 is 2.23 bits per heavy atom. The number of aliphatic hydroxyl groups excluding tert-OH is 3. The van der Waals surface area contributed by atoms with Gasteiger partial charge >= 0.3 is 5.97 Å². The first kappa shape index (κ1) is 71.3. The summed E-state index contributed by atoms with van der Waals surface area (Å²) >= 11 is 5.05. The van der Waals surface area contributed by atoms with E-state index in [4.69, 9.17) is 53.8 Å². The predicted octanol–water partition coefficient (Wildman–Crippen LogP) is 4.21. The number of hydrogen-bond acceptors (Lipinski definition) is 31. The summed E-state index contributed by atoms with van der Waals surface area (Å²) in [5, 5.41) is 64.7. The minimum atomic E-state index is -1.90. The quantitative estimate of drug-likeness (QED) is 0.0463. The van der Waals surface area contributed by atoms with E-state index in [0.29, 0.717) is 33.4 Å². The van der Waals surface area contributed by atoms with Crippen molar-refractivity contribution >= 4 is 132 Å². The van der Waals surface area contributed by atoms with Crippen molar-refractivity contribution in [3.05, 3.63) is 118 Å². The van der Waals surface area contributed by atoms with Crippen LogP contribution >= 0.6 is 68.4 Å². The molecule has 99 heavy (non-hydrogen) atoms. The maximum atomic E-state index is 15.6. The maximum Gasteiger partial charge on any atom is 0.308 e. The number of aromatic amines is 1. The number of H-pyrrole nitrogens is 1. The summed E-state index contributed by atoms with van der Waals surface area (Å²) in [6, 6.07) is 1.64. The fourth-order valence-corrected chi connectivity index (χ4v) is 15.8. The molecule has 520 valence electrons. The molecule has 10 unspecified atom stereocenters. The van der Waals surface area contributed by atoms with E-state index in [0.717, 1.165) is 57.1 Å². The molecule has 1 aromatic carbocycles. The van der Waals surface area contributed by atoms with Gasteiger partial charge in [0, 0.05) is 70.6 Å². The van der Waals surface area contributed by atoms with Crippen LogP contribution in [0.4, 0.5) is 0 Å². The van der Waals surface area contributed by atoms with Gasteiger partial charge in [0.1, 0.15) is 113 Å². The minimum Gasteiger partial charge on any atom is -0.506 e. The van der Waals surface area contributed by atoms with Gasteiger partial charge in [-0.2, -0.15) is 0 Å². The topological polar surface area (TPSA) is 461 Å². The number of thiazole rings is 5. The number of thioether (sulfide) groups is 1. The lowest BCUT2D eigenvalue weighted by molar-refractivity contribution is -0.278. The molecular formula is C61H61N13O19S6. The predicted molar refractivity (Wildman–Crippen MR) is 359 cm³/mol. The van der Waals surface area contributed by atoms with E-state index >= 15 is 4.79 Å². The van der Waals surface area contributed by atoms with Gasteiger partial charge in [0.2, 0.25) is 22.4 Å². The molecular weight excluding hydrogens is 1410 g/mol. The number of nitrogens with zero attached hydrogens (tertiary/aromatic N) is 6. The van der Waals surface area contributed by atoms with Gasteiger partial charge in [-0.3, -0.25) is 38.4 Å². The summed E-state index contributed by atoms with van der Waals surface area (Å²) in [5.74, 6) is -7.45. The molecule has 0 radical (unpaired) electrons. The van der Waals surface area contributed by atoms with Crippen LogP contribution in [-0.4, -0.2) is 185 Å². The number of aromatic nitrogens is 7. The summed E-state index contributed by atoms with van der Waals surface area (Å²) in [6.07, 6.45) is -10.2. The number of carbonyl (C=O) groups excluding carboxylic acids is 8. The van der Waals surface area contributed by atoms with Crippen LogP contribution in [0.2, 0.25) is 0 Å². The second-order valence-electron chi connectivity index (χ2n) is 22.3. The molecule has 0 saturated carbocycles. The molecule has 13 bridgehead atoms. The van der Waals surface area contributed by atoms with Crippen LogP contribution in [-0.2, 0) is 56.0 Å². The maximum absolute atomic E-state index is 15.6. The van der Waals surface area contributed by atoms with E-state index in [-0.39, 0.29) is 106 Å². The molecule has 7 aromatic heterocycles. The molecule has 1 saturated heterocycles. The minimum absolute atomic E-state index is 0.0146. The first-order valence-corrected chi connectivity index (χ1v) is 34.9. The van der Waals surface area contributed by atoms with Gasteiger partial charge in [0.25, 0.3) is 29.5 Å². The van der Waals surface area contributed by atoms with Crippen molar-refractivity contribution in [1.82, 2.24) is 61.5 Å². The largest absolute Gasteiger partial charge is 0.506 e. The van der Waals surface area contributed by atoms with Crippen LogP contribution in [0, 0.1) is 0 Å². The van der Waals surface area contributed by atoms with Crippen molar-refractivity contribution in [2.75, 3.05) is 34.2 Å². The number of nitrogens with one attached hydrogen (secondary N) is 6. The second kappa shape index (κ2) is 30.2. The van der Waals surface area contributed by atoms with Crippen LogP contribution in [0.25, 0.3) is 49.3 Å². The van der Waals surface area contributed by atoms with Crippen LogP contribution in [0.15, 0.2) is 63.8 Å². The van der Waals surface area contributed by atoms with Crippen LogP contribution in [0.3, 0.4) is 0 Å². The summed E-state index contributed by atoms with van der Waals surface area (Å²) in [7, 11) is 5.39. The Morgan fingerprint density at radius 1 is 0.818 bits per heavy atom. The third kappa shape index (κ3) is 15.1. The van der Waals surface area contributed by atoms with Gasteiger partial charge in [-0.25, -0.2) is 29.9 Å². The number of fused-ring (bicyclic) bond motifs is 14. The monoisotopic (exact) mass is 1470 g/mol. The Kier molecular flexibility index (Phi) is 21.7. The molecule has 0 spiro atoms. The number of nitrogens with two attached hydrogens (primary N) is 1. The van der Waals surface area contributed by atoms with E-state index in [2.05, 4.69) is 53.1 Å². The van der Waals surface area contributed by atoms with E-state index in [9.17, 15) is 54.0 Å². The van der Waals surface area contributed by atoms with E-state index in [1.54, 1.807) is 30.5 Å². The van der Waals surface area contributed by atoms with Gasteiger partial charge in [-0.15, -0.1) is 45.3 Å². The number of methoxy groups -OCH3 is 4. The highest BCUT2D eigenvalue weighted by Crippen LogP contribution is 2.43. The molecule has 0 aliphatic carbocycles. The number of cyclic esters (lactones) is 1. The van der Waals surface area contributed by atoms with Crippen LogP contribution < -0.4 is 37.1 Å². The van der Waals surface area contributed by atoms with E-state index in [1.807, 2.05) is 0 Å². The van der Waals surface area contributed by atoms with Crippen molar-refractivity contribution in [3.8, 4) is 43.5 Å². The van der Waals surface area contributed by atoms with Crippen LogP contribution in [0.5, 0.6) is 10.8 Å². The van der Waals surface area contributed by atoms with Crippen molar-refractivity contribution in [3.63, 3.8) is 0 Å². The zero-order valence-electron chi connectivity index (χ0n) is 53.1. The number of pyridine rings is 1. The number of esters is 1. The van der Waals surface area contributed by atoms with Crippen LogP contribution in [0.1, 0.15) is 118 Å². The summed E-state index contributed by atoms with van der Waals surface area (Å²) in [4.78, 5) is 144. The first-order valence-electron chi connectivity index (χ1n) is 29.6. The number of allylic oxidation sites excluding steroid dienone is 1. The van der Waals surface area contributed by atoms with Crippen molar-refractivity contribution in [1.29, 1.82) is 0 Å². The average molecular weight is 1470 g/mol. The standard InChI is InChI=1S/C61H61N13O19S6/c1-21(48(62)80)63-49(81)31-18-97-57(69-31)42-35(76)12-27-40(70-42)30-16-95-55(66-30)34-20-98-59(86)41-28(15-87-5)26-11-25(9-10-29(26)64-41)14-91-37(78)13-36(77)43(58-74-44(53(85)65-34)61(99-58)93-60-47(90-8)46(89-7)45(79)24(4)92-60)73-51(83)33-19-96-56(68-33)39(23(3)88-6)72-52(84)38(22(2)75)71-50(82)32-17-94-54(27)67-32/h9-12,16-19,22,24,34,36,38,43,45-47,60,64,75-77,79H,1,13-15,20H2,2-8H3,(H2,62,80)(H,63,81)(H,65,85)(H,71,82)(H,72,84)(H,73,83). The van der Waals surface area contributed by atoms with Crippen molar-refractivity contribution < 1.29 is 91.9 Å². The first-order chi connectivity index (χ1) is 47.4. The number of aromatic hydroxyl groups is 1. The highest BCUT2D eigenvalue weighted by Gasteiger charge is 2.47. The Labute approximate surface area is 584 Å². The number of amides is 6. The third-order valence-corrected chi connectivity index (χ3v) is 21.2. The Bertz CT molecular complexity index is 4540. The molecule has 3 aliphatic heterocycles. The number of aliphatic hydroxyl groups is 3. The Morgan fingerprint density at radius 2 is 1.53 bits per heavy atom.